The smallest absolute Gasteiger partial charge is 0.224 e. The molecule has 0 unspecified atom stereocenters. The molecule has 3 N–H and O–H groups in total. The minimum Gasteiger partial charge on any atom is -0.397 e. The van der Waals surface area contributed by atoms with Crippen molar-refractivity contribution < 1.29 is 4.79 Å². The number of rotatable bonds is 5. The molecule has 0 aromatic heterocycles. The monoisotopic (exact) mass is 289 g/mol. The first-order valence-corrected chi connectivity index (χ1v) is 7.98. The molecule has 0 bridgehead atoms. The second kappa shape index (κ2) is 7.46. The van der Waals surface area contributed by atoms with Crippen molar-refractivity contribution in [1.82, 2.24) is 4.90 Å². The van der Waals surface area contributed by atoms with Gasteiger partial charge in [0.15, 0.2) is 0 Å². The van der Waals surface area contributed by atoms with E-state index in [0.717, 1.165) is 13.0 Å². The Morgan fingerprint density at radius 2 is 1.95 bits per heavy atom. The van der Waals surface area contributed by atoms with Crippen LogP contribution in [0.1, 0.15) is 46.0 Å². The van der Waals surface area contributed by atoms with E-state index in [1.54, 1.807) is 6.07 Å². The van der Waals surface area contributed by atoms with Crippen LogP contribution in [0.3, 0.4) is 0 Å². The number of anilines is 2. The summed E-state index contributed by atoms with van der Waals surface area (Å²) in [6, 6.07) is 8.66. The number of carbonyl (C=O) groups excluding carboxylic acids is 1. The van der Waals surface area contributed by atoms with Crippen molar-refractivity contribution >= 4 is 17.3 Å². The maximum Gasteiger partial charge on any atom is 0.224 e. The molecule has 2 rings (SSSR count). The molecule has 1 amide bonds. The summed E-state index contributed by atoms with van der Waals surface area (Å²) in [5.74, 6) is 0.0465. The number of benzene rings is 1. The van der Waals surface area contributed by atoms with E-state index in [2.05, 4.69) is 24.1 Å². The summed E-state index contributed by atoms with van der Waals surface area (Å²) >= 11 is 0. The molecule has 0 spiro atoms. The van der Waals surface area contributed by atoms with Gasteiger partial charge in [-0.05, 0) is 51.8 Å². The fraction of sp³-hybridized carbons (Fsp3) is 0.588. The van der Waals surface area contributed by atoms with E-state index in [9.17, 15) is 4.79 Å². The molecule has 1 aliphatic heterocycles. The highest BCUT2D eigenvalue weighted by molar-refractivity contribution is 5.93. The van der Waals surface area contributed by atoms with E-state index >= 15 is 0 Å². The van der Waals surface area contributed by atoms with Crippen LogP contribution in [-0.4, -0.2) is 29.4 Å². The fourth-order valence-electron chi connectivity index (χ4n) is 3.16. The minimum absolute atomic E-state index is 0.0465. The van der Waals surface area contributed by atoms with E-state index in [0.29, 0.717) is 29.9 Å². The van der Waals surface area contributed by atoms with Crippen molar-refractivity contribution in [2.45, 2.75) is 58.0 Å². The molecule has 4 heteroatoms. The SMILES string of the molecule is C[C@@H]1CCC[C@H](C)N1CCCC(=O)Nc1ccccc1N. The molecule has 1 heterocycles. The van der Waals surface area contributed by atoms with E-state index in [1.165, 1.54) is 19.3 Å². The van der Waals surface area contributed by atoms with Crippen LogP contribution in [0.4, 0.5) is 11.4 Å². The van der Waals surface area contributed by atoms with Gasteiger partial charge in [0.1, 0.15) is 0 Å². The van der Waals surface area contributed by atoms with Crippen LogP contribution in [0.2, 0.25) is 0 Å². The van der Waals surface area contributed by atoms with Crippen LogP contribution in [-0.2, 0) is 4.79 Å². The predicted octanol–water partition coefficient (Wildman–Crippen LogP) is 3.25. The van der Waals surface area contributed by atoms with Gasteiger partial charge in [0.05, 0.1) is 11.4 Å². The standard InChI is InChI=1S/C17H27N3O/c1-13-7-5-8-14(2)20(13)12-6-11-17(21)19-16-10-4-3-9-15(16)18/h3-4,9-10,13-14H,5-8,11-12,18H2,1-2H3,(H,19,21)/t13-,14+. The molecular weight excluding hydrogens is 262 g/mol. The van der Waals surface area contributed by atoms with Gasteiger partial charge in [0.2, 0.25) is 5.91 Å². The summed E-state index contributed by atoms with van der Waals surface area (Å²) in [6.45, 7) is 5.58. The normalized spacial score (nSPS) is 23.0. The molecule has 1 aromatic carbocycles. The zero-order chi connectivity index (χ0) is 15.2. The molecular formula is C17H27N3O. The number of nitrogens with two attached hydrogens (primary N) is 1. The number of hydrogen-bond acceptors (Lipinski definition) is 3. The number of para-hydroxylation sites is 2. The molecule has 1 aromatic rings. The summed E-state index contributed by atoms with van der Waals surface area (Å²) in [7, 11) is 0. The predicted molar refractivity (Wildman–Crippen MR) is 88.2 cm³/mol. The van der Waals surface area contributed by atoms with Gasteiger partial charge in [0.25, 0.3) is 0 Å². The zero-order valence-electron chi connectivity index (χ0n) is 13.1. The molecule has 1 aliphatic rings. The van der Waals surface area contributed by atoms with Crippen molar-refractivity contribution in [2.24, 2.45) is 0 Å². The van der Waals surface area contributed by atoms with E-state index < -0.39 is 0 Å². The molecule has 4 nitrogen and oxygen atoms in total. The van der Waals surface area contributed by atoms with Gasteiger partial charge in [-0.3, -0.25) is 9.69 Å². The summed E-state index contributed by atoms with van der Waals surface area (Å²) in [6.07, 6.45) is 5.32. The summed E-state index contributed by atoms with van der Waals surface area (Å²) in [4.78, 5) is 14.5. The van der Waals surface area contributed by atoms with Gasteiger partial charge in [0, 0.05) is 18.5 Å². The van der Waals surface area contributed by atoms with Crippen molar-refractivity contribution in [1.29, 1.82) is 0 Å². The number of carbonyl (C=O) groups is 1. The Bertz CT molecular complexity index is 465. The lowest BCUT2D eigenvalue weighted by atomic mass is 9.97. The molecule has 2 atom stereocenters. The third-order valence-corrected chi connectivity index (χ3v) is 4.43. The Morgan fingerprint density at radius 1 is 1.29 bits per heavy atom. The number of piperidine rings is 1. The molecule has 0 saturated carbocycles. The Hall–Kier alpha value is -1.55. The number of nitrogen functional groups attached to an aromatic ring is 1. The molecule has 21 heavy (non-hydrogen) atoms. The van der Waals surface area contributed by atoms with E-state index in [4.69, 9.17) is 5.73 Å². The second-order valence-electron chi connectivity index (χ2n) is 6.11. The van der Waals surface area contributed by atoms with Crippen LogP contribution in [0, 0.1) is 0 Å². The van der Waals surface area contributed by atoms with Gasteiger partial charge in [-0.25, -0.2) is 0 Å². The number of nitrogens with zero attached hydrogens (tertiary/aromatic N) is 1. The Kier molecular flexibility index (Phi) is 5.62. The van der Waals surface area contributed by atoms with E-state index in [1.807, 2.05) is 18.2 Å². The van der Waals surface area contributed by atoms with Crippen molar-refractivity contribution in [3.8, 4) is 0 Å². The Balaban J connectivity index is 1.75. The van der Waals surface area contributed by atoms with Gasteiger partial charge < -0.3 is 11.1 Å². The topological polar surface area (TPSA) is 58.4 Å². The molecule has 1 fully saturated rings. The summed E-state index contributed by atoms with van der Waals surface area (Å²) in [5, 5.41) is 2.89. The first kappa shape index (κ1) is 15.8. The van der Waals surface area contributed by atoms with Crippen molar-refractivity contribution in [3.63, 3.8) is 0 Å². The lowest BCUT2D eigenvalue weighted by Gasteiger charge is -2.39. The number of hydrogen-bond donors (Lipinski definition) is 2. The highest BCUT2D eigenvalue weighted by Gasteiger charge is 2.23. The van der Waals surface area contributed by atoms with Gasteiger partial charge in [-0.2, -0.15) is 0 Å². The second-order valence-corrected chi connectivity index (χ2v) is 6.11. The lowest BCUT2D eigenvalue weighted by molar-refractivity contribution is -0.116. The van der Waals surface area contributed by atoms with Crippen LogP contribution < -0.4 is 11.1 Å². The van der Waals surface area contributed by atoms with Crippen LogP contribution in [0.25, 0.3) is 0 Å². The van der Waals surface area contributed by atoms with Crippen LogP contribution in [0.5, 0.6) is 0 Å². The third-order valence-electron chi connectivity index (χ3n) is 4.43. The molecule has 116 valence electrons. The maximum atomic E-state index is 12.0. The first-order chi connectivity index (χ1) is 10.1. The highest BCUT2D eigenvalue weighted by atomic mass is 16.1. The van der Waals surface area contributed by atoms with Crippen molar-refractivity contribution in [3.05, 3.63) is 24.3 Å². The van der Waals surface area contributed by atoms with Crippen LogP contribution >= 0.6 is 0 Å². The van der Waals surface area contributed by atoms with Gasteiger partial charge in [-0.15, -0.1) is 0 Å². The summed E-state index contributed by atoms with van der Waals surface area (Å²) in [5.41, 5.74) is 7.15. The lowest BCUT2D eigenvalue weighted by Crippen LogP contribution is -2.44. The molecule has 0 radical (unpaired) electrons. The van der Waals surface area contributed by atoms with E-state index in [-0.39, 0.29) is 5.91 Å². The van der Waals surface area contributed by atoms with Crippen LogP contribution in [0.15, 0.2) is 24.3 Å². The Labute approximate surface area is 127 Å². The first-order valence-electron chi connectivity index (χ1n) is 7.98. The maximum absolute atomic E-state index is 12.0. The number of likely N-dealkylation sites (tertiary alicyclic amines) is 1. The number of amides is 1. The Morgan fingerprint density at radius 3 is 2.62 bits per heavy atom. The van der Waals surface area contributed by atoms with Gasteiger partial charge >= 0.3 is 0 Å². The quantitative estimate of drug-likeness (QED) is 0.818. The molecule has 1 saturated heterocycles. The van der Waals surface area contributed by atoms with Gasteiger partial charge in [-0.1, -0.05) is 18.6 Å². The fourth-order valence-corrected chi connectivity index (χ4v) is 3.16. The number of nitrogens with one attached hydrogen (secondary N) is 1. The largest absolute Gasteiger partial charge is 0.397 e. The third kappa shape index (κ3) is 4.46. The zero-order valence-corrected chi connectivity index (χ0v) is 13.1. The highest BCUT2D eigenvalue weighted by Crippen LogP contribution is 2.23. The average Bonchev–Trinajstić information content (AvgIpc) is 2.45. The summed E-state index contributed by atoms with van der Waals surface area (Å²) < 4.78 is 0. The average molecular weight is 289 g/mol. The molecule has 0 aliphatic carbocycles. The minimum atomic E-state index is 0.0465. The van der Waals surface area contributed by atoms with Crippen molar-refractivity contribution in [2.75, 3.05) is 17.6 Å².